The van der Waals surface area contributed by atoms with E-state index in [4.69, 9.17) is 10.5 Å². The van der Waals surface area contributed by atoms with Gasteiger partial charge in [-0.3, -0.25) is 4.90 Å². The number of amides is 1. The molecule has 0 aliphatic carbocycles. The van der Waals surface area contributed by atoms with E-state index < -0.39 is 5.60 Å². The molecule has 2 N–H and O–H groups in total. The molecule has 2 rings (SSSR count). The van der Waals surface area contributed by atoms with E-state index in [1.807, 2.05) is 25.7 Å². The summed E-state index contributed by atoms with van der Waals surface area (Å²) in [4.78, 5) is 16.5. The number of rotatable bonds is 2. The molecule has 0 unspecified atom stereocenters. The van der Waals surface area contributed by atoms with E-state index in [9.17, 15) is 4.79 Å². The lowest BCUT2D eigenvalue weighted by molar-refractivity contribution is 0.0276. The molecule has 0 radical (unpaired) electrons. The molecule has 5 nitrogen and oxygen atoms in total. The van der Waals surface area contributed by atoms with Crippen LogP contribution in [0, 0.1) is 5.92 Å². The van der Waals surface area contributed by atoms with Crippen molar-refractivity contribution in [2.24, 2.45) is 11.7 Å². The first-order chi connectivity index (χ1) is 9.40. The molecule has 0 aromatic heterocycles. The topological polar surface area (TPSA) is 58.8 Å². The van der Waals surface area contributed by atoms with Crippen molar-refractivity contribution in [3.8, 4) is 0 Å². The Hall–Kier alpha value is -0.810. The van der Waals surface area contributed by atoms with Gasteiger partial charge >= 0.3 is 6.09 Å². The predicted molar refractivity (Wildman–Crippen MR) is 79.6 cm³/mol. The minimum atomic E-state index is -0.432. The average molecular weight is 283 g/mol. The highest BCUT2D eigenvalue weighted by Crippen LogP contribution is 2.25. The Morgan fingerprint density at radius 3 is 2.40 bits per heavy atom. The minimum Gasteiger partial charge on any atom is -0.444 e. The van der Waals surface area contributed by atoms with Crippen LogP contribution in [0.15, 0.2) is 0 Å². The maximum absolute atomic E-state index is 12.2. The molecule has 2 atom stereocenters. The maximum Gasteiger partial charge on any atom is 0.410 e. The van der Waals surface area contributed by atoms with Crippen molar-refractivity contribution >= 4 is 6.09 Å². The summed E-state index contributed by atoms with van der Waals surface area (Å²) >= 11 is 0. The van der Waals surface area contributed by atoms with Crippen molar-refractivity contribution in [1.82, 2.24) is 9.80 Å². The summed E-state index contributed by atoms with van der Waals surface area (Å²) in [5.74, 6) is 0.376. The minimum absolute atomic E-state index is 0.199. The quantitative estimate of drug-likeness (QED) is 0.837. The molecule has 116 valence electrons. The summed E-state index contributed by atoms with van der Waals surface area (Å²) in [5, 5.41) is 0. The van der Waals surface area contributed by atoms with Gasteiger partial charge in [0.25, 0.3) is 0 Å². The van der Waals surface area contributed by atoms with E-state index in [1.54, 1.807) is 0 Å². The van der Waals surface area contributed by atoms with Gasteiger partial charge in [-0.2, -0.15) is 0 Å². The van der Waals surface area contributed by atoms with E-state index >= 15 is 0 Å². The van der Waals surface area contributed by atoms with Gasteiger partial charge < -0.3 is 15.4 Å². The molecule has 0 aromatic carbocycles. The third-order valence-electron chi connectivity index (χ3n) is 4.22. The van der Waals surface area contributed by atoms with Crippen LogP contribution in [0.25, 0.3) is 0 Å². The fourth-order valence-electron chi connectivity index (χ4n) is 3.22. The van der Waals surface area contributed by atoms with Gasteiger partial charge in [0.05, 0.1) is 0 Å². The van der Waals surface area contributed by atoms with Gasteiger partial charge in [-0.25, -0.2) is 4.79 Å². The van der Waals surface area contributed by atoms with Crippen molar-refractivity contribution in [2.75, 3.05) is 32.7 Å². The number of piperidine rings is 1. The largest absolute Gasteiger partial charge is 0.444 e. The van der Waals surface area contributed by atoms with Crippen LogP contribution >= 0.6 is 0 Å². The fraction of sp³-hybridized carbons (Fsp3) is 0.933. The van der Waals surface area contributed by atoms with Gasteiger partial charge in [0, 0.05) is 25.0 Å². The highest BCUT2D eigenvalue weighted by atomic mass is 16.6. The molecule has 0 saturated carbocycles. The molecule has 2 aliphatic rings. The van der Waals surface area contributed by atoms with Gasteiger partial charge in [-0.15, -0.1) is 0 Å². The lowest BCUT2D eigenvalue weighted by atomic mass is 9.99. The van der Waals surface area contributed by atoms with Crippen LogP contribution < -0.4 is 5.73 Å². The fourth-order valence-corrected chi connectivity index (χ4v) is 3.22. The number of carbonyl (C=O) groups excluding carboxylic acids is 1. The molecule has 0 spiro atoms. The van der Waals surface area contributed by atoms with Crippen LogP contribution in [0.5, 0.6) is 0 Å². The molecule has 2 saturated heterocycles. The zero-order chi connectivity index (χ0) is 14.8. The Bertz CT molecular complexity index is 335. The van der Waals surface area contributed by atoms with Crippen molar-refractivity contribution in [3.05, 3.63) is 0 Å². The number of nitrogens with zero attached hydrogens (tertiary/aromatic N) is 2. The second-order valence-corrected chi connectivity index (χ2v) is 7.05. The van der Waals surface area contributed by atoms with Crippen LogP contribution in [0.2, 0.25) is 0 Å². The monoisotopic (exact) mass is 283 g/mol. The van der Waals surface area contributed by atoms with Crippen molar-refractivity contribution in [2.45, 2.75) is 51.7 Å². The van der Waals surface area contributed by atoms with E-state index in [1.165, 1.54) is 19.3 Å². The first-order valence-corrected chi connectivity index (χ1v) is 7.83. The zero-order valence-corrected chi connectivity index (χ0v) is 13.1. The second kappa shape index (κ2) is 6.31. The summed E-state index contributed by atoms with van der Waals surface area (Å²) in [5.41, 5.74) is 5.48. The van der Waals surface area contributed by atoms with Gasteiger partial charge in [-0.05, 0) is 53.2 Å². The molecular formula is C15H29N3O2. The van der Waals surface area contributed by atoms with E-state index in [2.05, 4.69) is 4.90 Å². The smallest absolute Gasteiger partial charge is 0.410 e. The molecule has 20 heavy (non-hydrogen) atoms. The number of likely N-dealkylation sites (tertiary alicyclic amines) is 2. The third kappa shape index (κ3) is 3.85. The van der Waals surface area contributed by atoms with Crippen molar-refractivity contribution < 1.29 is 9.53 Å². The Morgan fingerprint density at radius 2 is 1.85 bits per heavy atom. The lowest BCUT2D eigenvalue weighted by Crippen LogP contribution is -2.45. The van der Waals surface area contributed by atoms with Gasteiger partial charge in [0.2, 0.25) is 0 Å². The molecule has 1 amide bonds. The maximum atomic E-state index is 12.2. The number of hydrogen-bond acceptors (Lipinski definition) is 4. The van der Waals surface area contributed by atoms with Gasteiger partial charge in [0.15, 0.2) is 0 Å². The highest BCUT2D eigenvalue weighted by molar-refractivity contribution is 5.68. The van der Waals surface area contributed by atoms with Crippen LogP contribution in [-0.2, 0) is 4.74 Å². The van der Waals surface area contributed by atoms with Crippen LogP contribution in [0.1, 0.15) is 40.0 Å². The van der Waals surface area contributed by atoms with E-state index in [0.717, 1.165) is 26.2 Å². The summed E-state index contributed by atoms with van der Waals surface area (Å²) in [6, 6.07) is 0.410. The Labute approximate surface area is 122 Å². The standard InChI is InChI=1S/C15H29N3O2/c1-15(2,3)20-14(19)18-10-12(9-16)13(11-18)17-7-5-4-6-8-17/h12-13H,4-11,16H2,1-3H3/t12-,13+/m0/s1. The number of hydrogen-bond donors (Lipinski definition) is 1. The average Bonchev–Trinajstić information content (AvgIpc) is 2.82. The molecular weight excluding hydrogens is 254 g/mol. The number of nitrogens with two attached hydrogens (primary N) is 1. The highest BCUT2D eigenvalue weighted by Gasteiger charge is 2.39. The first-order valence-electron chi connectivity index (χ1n) is 7.83. The molecule has 2 aliphatic heterocycles. The number of ether oxygens (including phenoxy) is 1. The first kappa shape index (κ1) is 15.6. The van der Waals surface area contributed by atoms with Crippen molar-refractivity contribution in [1.29, 1.82) is 0 Å². The second-order valence-electron chi connectivity index (χ2n) is 7.05. The molecule has 2 heterocycles. The zero-order valence-electron chi connectivity index (χ0n) is 13.1. The lowest BCUT2D eigenvalue weighted by Gasteiger charge is -2.34. The predicted octanol–water partition coefficient (Wildman–Crippen LogP) is 1.67. The Kier molecular flexibility index (Phi) is 4.91. The van der Waals surface area contributed by atoms with Gasteiger partial charge in [0.1, 0.15) is 5.60 Å². The molecule has 2 fully saturated rings. The SMILES string of the molecule is CC(C)(C)OC(=O)N1C[C@H](CN)[C@H](N2CCCCC2)C1. The summed E-state index contributed by atoms with van der Waals surface area (Å²) in [7, 11) is 0. The Balaban J connectivity index is 1.96. The molecule has 0 bridgehead atoms. The molecule has 5 heteroatoms. The van der Waals surface area contributed by atoms with E-state index in [0.29, 0.717) is 18.5 Å². The molecule has 0 aromatic rings. The summed E-state index contributed by atoms with van der Waals surface area (Å²) < 4.78 is 5.48. The van der Waals surface area contributed by atoms with E-state index in [-0.39, 0.29) is 6.09 Å². The van der Waals surface area contributed by atoms with Gasteiger partial charge in [-0.1, -0.05) is 6.42 Å². The van der Waals surface area contributed by atoms with Crippen LogP contribution in [0.4, 0.5) is 4.79 Å². The summed E-state index contributed by atoms with van der Waals surface area (Å²) in [6.45, 7) is 10.1. The third-order valence-corrected chi connectivity index (χ3v) is 4.22. The summed E-state index contributed by atoms with van der Waals surface area (Å²) in [6.07, 6.45) is 3.66. The van der Waals surface area contributed by atoms with Crippen molar-refractivity contribution in [3.63, 3.8) is 0 Å². The van der Waals surface area contributed by atoms with Crippen LogP contribution in [-0.4, -0.2) is 60.3 Å². The normalized spacial score (nSPS) is 28.7. The van der Waals surface area contributed by atoms with Crippen LogP contribution in [0.3, 0.4) is 0 Å². The Morgan fingerprint density at radius 1 is 1.20 bits per heavy atom. The number of carbonyl (C=O) groups is 1.